The van der Waals surface area contributed by atoms with Gasteiger partial charge in [-0.25, -0.2) is 8.42 Å². The molecule has 0 unspecified atom stereocenters. The van der Waals surface area contributed by atoms with Crippen LogP contribution in [-0.2, 0) is 22.7 Å². The zero-order chi connectivity index (χ0) is 21.9. The molecule has 0 heterocycles. The fourth-order valence-electron chi connectivity index (χ4n) is 2.84. The molecule has 0 aliphatic heterocycles. The van der Waals surface area contributed by atoms with E-state index in [0.717, 1.165) is 28.6 Å². The third kappa shape index (κ3) is 4.62. The maximum atomic E-state index is 13.4. The second-order valence-corrected chi connectivity index (χ2v) is 8.30. The molecule has 2 N–H and O–H groups in total. The quantitative estimate of drug-likeness (QED) is 0.632. The number of sulfonamides is 1. The van der Waals surface area contributed by atoms with Crippen LogP contribution in [0.4, 0.5) is 18.9 Å². The largest absolute Gasteiger partial charge is 0.416 e. The van der Waals surface area contributed by atoms with Crippen LogP contribution < -0.4 is 10.0 Å². The maximum absolute atomic E-state index is 13.4. The molecule has 156 valence electrons. The molecule has 0 saturated carbocycles. The van der Waals surface area contributed by atoms with E-state index in [0.29, 0.717) is 5.56 Å². The molecule has 0 aromatic heterocycles. The summed E-state index contributed by atoms with van der Waals surface area (Å²) in [7, 11) is -4.31. The number of carbonyl (C=O) groups excluding carboxylic acids is 1. The lowest BCUT2D eigenvalue weighted by Crippen LogP contribution is -2.31. The number of amides is 1. The Morgan fingerprint density at radius 3 is 2.20 bits per heavy atom. The van der Waals surface area contributed by atoms with Crippen molar-refractivity contribution in [3.05, 3.63) is 95.6 Å². The Kier molecular flexibility index (Phi) is 5.84. The number of nitrogens with zero attached hydrogens (tertiary/aromatic N) is 1. The van der Waals surface area contributed by atoms with Crippen molar-refractivity contribution >= 4 is 21.6 Å². The number of alkyl halides is 3. The van der Waals surface area contributed by atoms with Gasteiger partial charge >= 0.3 is 6.18 Å². The minimum atomic E-state index is -4.63. The summed E-state index contributed by atoms with van der Waals surface area (Å²) >= 11 is 0. The van der Waals surface area contributed by atoms with Gasteiger partial charge < -0.3 is 5.73 Å². The first-order valence-electron chi connectivity index (χ1n) is 8.73. The first-order chi connectivity index (χ1) is 14.1. The van der Waals surface area contributed by atoms with E-state index in [1.54, 1.807) is 30.3 Å². The Morgan fingerprint density at radius 1 is 0.900 bits per heavy atom. The van der Waals surface area contributed by atoms with E-state index < -0.39 is 27.7 Å². The second-order valence-electron chi connectivity index (χ2n) is 6.44. The molecular weight excluding hydrogens is 417 g/mol. The topological polar surface area (TPSA) is 80.5 Å². The summed E-state index contributed by atoms with van der Waals surface area (Å²) in [5, 5.41) is 0. The highest BCUT2D eigenvalue weighted by molar-refractivity contribution is 7.92. The summed E-state index contributed by atoms with van der Waals surface area (Å²) in [5.41, 5.74) is 4.65. The average Bonchev–Trinajstić information content (AvgIpc) is 2.72. The summed E-state index contributed by atoms with van der Waals surface area (Å²) in [6, 6.07) is 17.6. The molecule has 0 atom stereocenters. The van der Waals surface area contributed by atoms with Gasteiger partial charge in [0.25, 0.3) is 10.0 Å². The average molecular weight is 434 g/mol. The van der Waals surface area contributed by atoms with Crippen LogP contribution in [0.15, 0.2) is 83.8 Å². The summed E-state index contributed by atoms with van der Waals surface area (Å²) in [4.78, 5) is 11.2. The molecule has 30 heavy (non-hydrogen) atoms. The Bertz CT molecular complexity index is 1160. The van der Waals surface area contributed by atoms with Crippen molar-refractivity contribution in [1.29, 1.82) is 0 Å². The van der Waals surface area contributed by atoms with E-state index in [9.17, 15) is 26.4 Å². The van der Waals surface area contributed by atoms with Crippen LogP contribution in [0.5, 0.6) is 0 Å². The first kappa shape index (κ1) is 21.4. The van der Waals surface area contributed by atoms with Gasteiger partial charge in [-0.15, -0.1) is 0 Å². The SMILES string of the molecule is NC(=O)c1cccc(S(=O)(=O)N(Cc2ccccc2)c2cccc(C(F)(F)F)c2)c1. The summed E-state index contributed by atoms with van der Waals surface area (Å²) in [6.07, 6.45) is -4.63. The van der Waals surface area contributed by atoms with Gasteiger partial charge in [-0.2, -0.15) is 13.2 Å². The summed E-state index contributed by atoms with van der Waals surface area (Å²) in [5.74, 6) is -0.819. The van der Waals surface area contributed by atoms with Crippen LogP contribution in [0.1, 0.15) is 21.5 Å². The highest BCUT2D eigenvalue weighted by Crippen LogP contribution is 2.34. The number of hydrogen-bond acceptors (Lipinski definition) is 3. The smallest absolute Gasteiger partial charge is 0.366 e. The van der Waals surface area contributed by atoms with E-state index in [1.165, 1.54) is 24.3 Å². The molecule has 0 saturated heterocycles. The molecule has 0 spiro atoms. The number of halogens is 3. The molecule has 5 nitrogen and oxygen atoms in total. The van der Waals surface area contributed by atoms with E-state index >= 15 is 0 Å². The van der Waals surface area contributed by atoms with Crippen LogP contribution in [0.3, 0.4) is 0 Å². The minimum absolute atomic E-state index is 0.0280. The van der Waals surface area contributed by atoms with Gasteiger partial charge in [-0.05, 0) is 42.0 Å². The van der Waals surface area contributed by atoms with Crippen molar-refractivity contribution in [1.82, 2.24) is 0 Å². The number of anilines is 1. The highest BCUT2D eigenvalue weighted by Gasteiger charge is 2.32. The zero-order valence-electron chi connectivity index (χ0n) is 15.5. The first-order valence-corrected chi connectivity index (χ1v) is 10.2. The van der Waals surface area contributed by atoms with Crippen LogP contribution in [-0.4, -0.2) is 14.3 Å². The Hall–Kier alpha value is -3.33. The molecule has 3 aromatic carbocycles. The molecule has 1 amide bonds. The number of carbonyl (C=O) groups is 1. The third-order valence-electron chi connectivity index (χ3n) is 4.34. The molecule has 9 heteroatoms. The molecule has 3 rings (SSSR count). The van der Waals surface area contributed by atoms with Gasteiger partial charge in [0.1, 0.15) is 0 Å². The zero-order valence-corrected chi connectivity index (χ0v) is 16.3. The molecule has 0 radical (unpaired) electrons. The van der Waals surface area contributed by atoms with Crippen LogP contribution in [0.25, 0.3) is 0 Å². The third-order valence-corrected chi connectivity index (χ3v) is 6.11. The van der Waals surface area contributed by atoms with Crippen molar-refractivity contribution in [2.45, 2.75) is 17.6 Å². The number of nitrogens with two attached hydrogens (primary N) is 1. The van der Waals surface area contributed by atoms with Crippen molar-refractivity contribution in [3.8, 4) is 0 Å². The van der Waals surface area contributed by atoms with Crippen LogP contribution in [0, 0.1) is 0 Å². The number of rotatable bonds is 6. The Labute approximate surface area is 171 Å². The maximum Gasteiger partial charge on any atom is 0.416 e. The van der Waals surface area contributed by atoms with Gasteiger partial charge in [-0.1, -0.05) is 42.5 Å². The van der Waals surface area contributed by atoms with Gasteiger partial charge in [0, 0.05) is 5.56 Å². The van der Waals surface area contributed by atoms with Crippen molar-refractivity contribution in [3.63, 3.8) is 0 Å². The predicted octanol–water partition coefficient (Wildman–Crippen LogP) is 4.20. The van der Waals surface area contributed by atoms with Crippen LogP contribution >= 0.6 is 0 Å². The van der Waals surface area contributed by atoms with Crippen molar-refractivity contribution < 1.29 is 26.4 Å². The van der Waals surface area contributed by atoms with Crippen molar-refractivity contribution in [2.24, 2.45) is 5.73 Å². The fourth-order valence-corrected chi connectivity index (χ4v) is 4.33. The van der Waals surface area contributed by atoms with Gasteiger partial charge in [0.15, 0.2) is 0 Å². The van der Waals surface area contributed by atoms with E-state index in [-0.39, 0.29) is 22.7 Å². The van der Waals surface area contributed by atoms with Crippen LogP contribution in [0.2, 0.25) is 0 Å². The lowest BCUT2D eigenvalue weighted by Gasteiger charge is -2.25. The van der Waals surface area contributed by atoms with E-state index in [4.69, 9.17) is 5.73 Å². The Morgan fingerprint density at radius 2 is 1.57 bits per heavy atom. The number of primary amides is 1. The van der Waals surface area contributed by atoms with Gasteiger partial charge in [0.05, 0.1) is 22.7 Å². The normalized spacial score (nSPS) is 11.8. The summed E-state index contributed by atoms with van der Waals surface area (Å²) in [6.45, 7) is -0.203. The molecule has 0 aliphatic carbocycles. The standard InChI is InChI=1S/C21H17F3N2O3S/c22-21(23,24)17-9-5-10-18(13-17)26(14-15-6-2-1-3-7-15)30(28,29)19-11-4-8-16(12-19)20(25)27/h1-13H,14H2,(H2,25,27). The second kappa shape index (κ2) is 8.19. The molecule has 3 aromatic rings. The fraction of sp³-hybridized carbons (Fsp3) is 0.0952. The van der Waals surface area contributed by atoms with E-state index in [2.05, 4.69) is 0 Å². The Balaban J connectivity index is 2.14. The monoisotopic (exact) mass is 434 g/mol. The van der Waals surface area contributed by atoms with E-state index in [1.807, 2.05) is 0 Å². The number of benzene rings is 3. The molecule has 0 aliphatic rings. The lowest BCUT2D eigenvalue weighted by molar-refractivity contribution is -0.137. The highest BCUT2D eigenvalue weighted by atomic mass is 32.2. The van der Waals surface area contributed by atoms with Gasteiger partial charge in [0.2, 0.25) is 5.91 Å². The molecule has 0 bridgehead atoms. The summed E-state index contributed by atoms with van der Waals surface area (Å²) < 4.78 is 67.2. The molecule has 0 fully saturated rings. The van der Waals surface area contributed by atoms with Crippen molar-refractivity contribution in [2.75, 3.05) is 4.31 Å². The number of hydrogen-bond donors (Lipinski definition) is 1. The van der Waals surface area contributed by atoms with Gasteiger partial charge in [-0.3, -0.25) is 9.10 Å². The predicted molar refractivity (Wildman–Crippen MR) is 106 cm³/mol. The lowest BCUT2D eigenvalue weighted by atomic mass is 10.2. The minimum Gasteiger partial charge on any atom is -0.366 e. The molecular formula is C21H17F3N2O3S.